The molecule has 2 atom stereocenters. The Balaban J connectivity index is 0.00000176. The Bertz CT molecular complexity index is 538. The maximum Gasteiger partial charge on any atom is 0.257 e. The van der Waals surface area contributed by atoms with E-state index < -0.39 is 0 Å². The molecule has 22 heavy (non-hydrogen) atoms. The normalized spacial score (nSPS) is 23.5. The van der Waals surface area contributed by atoms with Crippen LogP contribution in [-0.2, 0) is 0 Å². The van der Waals surface area contributed by atoms with Crippen molar-refractivity contribution in [2.24, 2.45) is 5.92 Å². The van der Waals surface area contributed by atoms with Crippen LogP contribution in [0.15, 0.2) is 18.2 Å². The van der Waals surface area contributed by atoms with Crippen molar-refractivity contribution in [2.45, 2.75) is 18.9 Å². The molecule has 2 heterocycles. The van der Waals surface area contributed by atoms with Gasteiger partial charge in [0.05, 0.1) is 19.8 Å². The first-order valence-corrected chi connectivity index (χ1v) is 7.47. The highest BCUT2D eigenvalue weighted by molar-refractivity contribution is 5.97. The highest BCUT2D eigenvalue weighted by Gasteiger charge is 2.35. The van der Waals surface area contributed by atoms with Gasteiger partial charge in [0.2, 0.25) is 0 Å². The van der Waals surface area contributed by atoms with Crippen LogP contribution in [0.5, 0.6) is 11.5 Å². The average molecular weight is 327 g/mol. The molecule has 2 aliphatic heterocycles. The molecule has 0 bridgehead atoms. The van der Waals surface area contributed by atoms with Crippen molar-refractivity contribution >= 4 is 18.3 Å². The minimum Gasteiger partial charge on any atom is -0.497 e. The van der Waals surface area contributed by atoms with E-state index >= 15 is 0 Å². The molecule has 5 nitrogen and oxygen atoms in total. The van der Waals surface area contributed by atoms with Crippen LogP contribution in [0.4, 0.5) is 0 Å². The zero-order chi connectivity index (χ0) is 14.8. The molecule has 6 heteroatoms. The van der Waals surface area contributed by atoms with E-state index in [1.54, 1.807) is 32.4 Å². The molecule has 1 aromatic rings. The monoisotopic (exact) mass is 326 g/mol. The van der Waals surface area contributed by atoms with E-state index in [9.17, 15) is 4.79 Å². The Morgan fingerprint density at radius 1 is 1.27 bits per heavy atom. The molecule has 1 N–H and O–H groups in total. The van der Waals surface area contributed by atoms with E-state index in [1.807, 2.05) is 4.90 Å². The number of nitrogens with one attached hydrogen (secondary N) is 1. The lowest BCUT2D eigenvalue weighted by Crippen LogP contribution is -2.46. The van der Waals surface area contributed by atoms with Crippen molar-refractivity contribution in [3.05, 3.63) is 23.8 Å². The summed E-state index contributed by atoms with van der Waals surface area (Å²) in [5, 5.41) is 3.52. The van der Waals surface area contributed by atoms with Crippen LogP contribution in [0.3, 0.4) is 0 Å². The number of hydrogen-bond donors (Lipinski definition) is 1. The fraction of sp³-hybridized carbons (Fsp3) is 0.562. The van der Waals surface area contributed by atoms with Gasteiger partial charge in [-0.05, 0) is 37.4 Å². The molecule has 2 saturated heterocycles. The van der Waals surface area contributed by atoms with Crippen LogP contribution < -0.4 is 14.8 Å². The molecule has 0 saturated carbocycles. The minimum atomic E-state index is 0. The molecule has 0 aliphatic carbocycles. The molecule has 122 valence electrons. The highest BCUT2D eigenvalue weighted by Crippen LogP contribution is 2.29. The lowest BCUT2D eigenvalue weighted by atomic mass is 9.93. The largest absolute Gasteiger partial charge is 0.497 e. The summed E-state index contributed by atoms with van der Waals surface area (Å²) in [7, 11) is 3.19. The first-order chi connectivity index (χ1) is 10.2. The molecule has 2 fully saturated rings. The van der Waals surface area contributed by atoms with Gasteiger partial charge in [-0.1, -0.05) is 0 Å². The number of amides is 1. The van der Waals surface area contributed by atoms with E-state index in [-0.39, 0.29) is 18.3 Å². The van der Waals surface area contributed by atoms with E-state index in [0.29, 0.717) is 29.0 Å². The molecule has 3 rings (SSSR count). The number of carbonyl (C=O) groups excluding carboxylic acids is 1. The molecular weight excluding hydrogens is 304 g/mol. The second kappa shape index (κ2) is 7.20. The van der Waals surface area contributed by atoms with Crippen molar-refractivity contribution in [2.75, 3.05) is 33.9 Å². The van der Waals surface area contributed by atoms with Crippen molar-refractivity contribution in [3.8, 4) is 11.5 Å². The quantitative estimate of drug-likeness (QED) is 0.922. The number of likely N-dealkylation sites (tertiary alicyclic amines) is 1. The Kier molecular flexibility index (Phi) is 5.53. The summed E-state index contributed by atoms with van der Waals surface area (Å²) in [6.45, 7) is 2.72. The second-order valence-corrected chi connectivity index (χ2v) is 5.72. The van der Waals surface area contributed by atoms with Gasteiger partial charge >= 0.3 is 0 Å². The average Bonchev–Trinajstić information content (AvgIpc) is 3.01. The van der Waals surface area contributed by atoms with Gasteiger partial charge in [0.1, 0.15) is 11.5 Å². The van der Waals surface area contributed by atoms with Crippen LogP contribution in [0, 0.1) is 5.92 Å². The maximum atomic E-state index is 12.8. The van der Waals surface area contributed by atoms with Gasteiger partial charge in [-0.25, -0.2) is 0 Å². The van der Waals surface area contributed by atoms with Crippen LogP contribution in [0.2, 0.25) is 0 Å². The third-order valence-electron chi connectivity index (χ3n) is 4.58. The van der Waals surface area contributed by atoms with Gasteiger partial charge in [-0.2, -0.15) is 0 Å². The lowest BCUT2D eigenvalue weighted by Gasteiger charge is -2.35. The molecule has 1 aromatic carbocycles. The molecule has 0 radical (unpaired) electrons. The minimum absolute atomic E-state index is 0. The summed E-state index contributed by atoms with van der Waals surface area (Å²) in [6.07, 6.45) is 2.20. The summed E-state index contributed by atoms with van der Waals surface area (Å²) < 4.78 is 10.5. The number of methoxy groups -OCH3 is 2. The molecule has 0 aromatic heterocycles. The number of piperidine rings is 1. The third-order valence-corrected chi connectivity index (χ3v) is 4.58. The summed E-state index contributed by atoms with van der Waals surface area (Å²) in [4.78, 5) is 14.7. The predicted octanol–water partition coefficient (Wildman–Crippen LogP) is 1.95. The van der Waals surface area contributed by atoms with Gasteiger partial charge in [0, 0.05) is 25.2 Å². The zero-order valence-corrected chi connectivity index (χ0v) is 13.8. The molecule has 2 aliphatic rings. The molecular formula is C16H23ClN2O3. The Morgan fingerprint density at radius 3 is 2.82 bits per heavy atom. The van der Waals surface area contributed by atoms with E-state index in [2.05, 4.69) is 5.32 Å². The van der Waals surface area contributed by atoms with E-state index in [1.165, 1.54) is 0 Å². The summed E-state index contributed by atoms with van der Waals surface area (Å²) in [5.74, 6) is 1.92. The maximum absolute atomic E-state index is 12.8. The van der Waals surface area contributed by atoms with Crippen LogP contribution in [0.25, 0.3) is 0 Å². The number of ether oxygens (including phenoxy) is 2. The third kappa shape index (κ3) is 3.15. The van der Waals surface area contributed by atoms with E-state index in [4.69, 9.17) is 9.47 Å². The molecule has 2 unspecified atom stereocenters. The Morgan fingerprint density at radius 2 is 2.09 bits per heavy atom. The first kappa shape index (κ1) is 16.9. The highest BCUT2D eigenvalue weighted by atomic mass is 35.5. The van der Waals surface area contributed by atoms with Crippen molar-refractivity contribution in [1.82, 2.24) is 10.2 Å². The fourth-order valence-electron chi connectivity index (χ4n) is 3.38. The second-order valence-electron chi connectivity index (χ2n) is 5.72. The van der Waals surface area contributed by atoms with Crippen LogP contribution in [-0.4, -0.2) is 50.7 Å². The summed E-state index contributed by atoms with van der Waals surface area (Å²) >= 11 is 0. The van der Waals surface area contributed by atoms with Gasteiger partial charge < -0.3 is 19.7 Å². The fourth-order valence-corrected chi connectivity index (χ4v) is 3.38. The van der Waals surface area contributed by atoms with Gasteiger partial charge in [-0.15, -0.1) is 12.4 Å². The number of benzene rings is 1. The van der Waals surface area contributed by atoms with Crippen LogP contribution >= 0.6 is 12.4 Å². The van der Waals surface area contributed by atoms with Gasteiger partial charge in [0.15, 0.2) is 0 Å². The Labute approximate surface area is 137 Å². The van der Waals surface area contributed by atoms with Crippen molar-refractivity contribution in [1.29, 1.82) is 0 Å². The van der Waals surface area contributed by atoms with E-state index in [0.717, 1.165) is 32.5 Å². The number of hydrogen-bond acceptors (Lipinski definition) is 4. The van der Waals surface area contributed by atoms with Crippen LogP contribution in [0.1, 0.15) is 23.2 Å². The van der Waals surface area contributed by atoms with Gasteiger partial charge in [-0.3, -0.25) is 4.79 Å². The lowest BCUT2D eigenvalue weighted by molar-refractivity contribution is 0.0658. The number of carbonyl (C=O) groups is 1. The predicted molar refractivity (Wildman–Crippen MR) is 87.2 cm³/mol. The number of rotatable bonds is 3. The number of nitrogens with zero attached hydrogens (tertiary/aromatic N) is 1. The Hall–Kier alpha value is -1.46. The summed E-state index contributed by atoms with van der Waals surface area (Å²) in [6, 6.07) is 5.95. The number of fused-ring (bicyclic) bond motifs is 1. The van der Waals surface area contributed by atoms with Crippen molar-refractivity contribution in [3.63, 3.8) is 0 Å². The van der Waals surface area contributed by atoms with Gasteiger partial charge in [0.25, 0.3) is 5.91 Å². The number of halogens is 1. The standard InChI is InChI=1S/C16H22N2O3.ClH/c1-20-12-3-4-13(15(9-12)21-2)16(19)18-8-6-14-11(10-18)5-7-17-14;/h3-4,9,11,14,17H,5-8,10H2,1-2H3;1H. The summed E-state index contributed by atoms with van der Waals surface area (Å²) in [5.41, 5.74) is 0.614. The molecule has 0 spiro atoms. The smallest absolute Gasteiger partial charge is 0.257 e. The molecule has 1 amide bonds. The first-order valence-electron chi connectivity index (χ1n) is 7.47. The topological polar surface area (TPSA) is 50.8 Å². The zero-order valence-electron chi connectivity index (χ0n) is 13.0. The SMILES string of the molecule is COc1ccc(C(=O)N2CCC3NCCC3C2)c(OC)c1.Cl. The van der Waals surface area contributed by atoms with Crippen molar-refractivity contribution < 1.29 is 14.3 Å².